The predicted molar refractivity (Wildman–Crippen MR) is 76.5 cm³/mol. The van der Waals surface area contributed by atoms with Crippen LogP contribution in [0.25, 0.3) is 0 Å². The molecule has 0 amide bonds. The first kappa shape index (κ1) is 14.9. The van der Waals surface area contributed by atoms with E-state index in [-0.39, 0.29) is 11.4 Å². The molecule has 2 aliphatic rings. The molecule has 3 rings (SSSR count). The molecule has 1 aliphatic heterocycles. The van der Waals surface area contributed by atoms with Gasteiger partial charge in [-0.2, -0.15) is 4.39 Å². The average molecular weight is 295 g/mol. The molecule has 0 aromatic carbocycles. The van der Waals surface area contributed by atoms with Crippen molar-refractivity contribution in [2.75, 3.05) is 0 Å². The van der Waals surface area contributed by atoms with Gasteiger partial charge in [-0.05, 0) is 46.6 Å². The molecule has 0 atom stereocenters. The molecule has 114 valence electrons. The molecule has 3 nitrogen and oxygen atoms in total. The van der Waals surface area contributed by atoms with E-state index in [1.165, 1.54) is 6.07 Å². The van der Waals surface area contributed by atoms with Crippen LogP contribution < -0.4 is 5.46 Å². The lowest BCUT2D eigenvalue weighted by Gasteiger charge is -2.32. The highest BCUT2D eigenvalue weighted by molar-refractivity contribution is 6.62. The minimum absolute atomic E-state index is 0.182. The van der Waals surface area contributed by atoms with Gasteiger partial charge in [0.1, 0.15) is 5.82 Å². The number of rotatable bonds is 2. The van der Waals surface area contributed by atoms with Gasteiger partial charge < -0.3 is 9.31 Å². The number of nitrogens with zero attached hydrogens (tertiary/aromatic N) is 1. The van der Waals surface area contributed by atoms with E-state index in [4.69, 9.17) is 9.31 Å². The minimum atomic E-state index is -1.06. The second-order valence-corrected chi connectivity index (χ2v) is 6.95. The number of hydrogen-bond acceptors (Lipinski definition) is 3. The summed E-state index contributed by atoms with van der Waals surface area (Å²) in [5.74, 6) is -1.28. The van der Waals surface area contributed by atoms with E-state index < -0.39 is 30.1 Å². The Morgan fingerprint density at radius 2 is 1.71 bits per heavy atom. The van der Waals surface area contributed by atoms with Gasteiger partial charge in [-0.15, -0.1) is 0 Å². The van der Waals surface area contributed by atoms with Crippen LogP contribution >= 0.6 is 0 Å². The maximum Gasteiger partial charge on any atom is 0.502 e. The van der Waals surface area contributed by atoms with Crippen LogP contribution in [0.15, 0.2) is 6.07 Å². The van der Waals surface area contributed by atoms with Crippen LogP contribution in [0.1, 0.15) is 58.6 Å². The monoisotopic (exact) mass is 295 g/mol. The van der Waals surface area contributed by atoms with Crippen molar-refractivity contribution in [1.82, 2.24) is 4.98 Å². The van der Waals surface area contributed by atoms with Crippen LogP contribution in [-0.2, 0) is 9.31 Å². The van der Waals surface area contributed by atoms with Crippen molar-refractivity contribution < 1.29 is 18.1 Å². The first-order valence-electron chi connectivity index (χ1n) is 7.43. The highest BCUT2D eigenvalue weighted by Crippen LogP contribution is 2.38. The van der Waals surface area contributed by atoms with Crippen LogP contribution in [0.3, 0.4) is 0 Å². The van der Waals surface area contributed by atoms with Crippen molar-refractivity contribution in [2.24, 2.45) is 0 Å². The first-order valence-corrected chi connectivity index (χ1v) is 7.43. The second kappa shape index (κ2) is 4.75. The van der Waals surface area contributed by atoms with Gasteiger partial charge in [-0.3, -0.25) is 0 Å². The van der Waals surface area contributed by atoms with Crippen molar-refractivity contribution >= 4 is 12.6 Å². The summed E-state index contributed by atoms with van der Waals surface area (Å²) >= 11 is 0. The van der Waals surface area contributed by atoms with Crippen molar-refractivity contribution in [2.45, 2.75) is 64.1 Å². The zero-order valence-corrected chi connectivity index (χ0v) is 12.9. The fraction of sp³-hybridized carbons (Fsp3) is 0.667. The van der Waals surface area contributed by atoms with Crippen LogP contribution in [-0.4, -0.2) is 23.3 Å². The quantitative estimate of drug-likeness (QED) is 0.621. The highest BCUT2D eigenvalue weighted by atomic mass is 19.1. The van der Waals surface area contributed by atoms with Crippen LogP contribution in [0.2, 0.25) is 0 Å². The van der Waals surface area contributed by atoms with Gasteiger partial charge in [0, 0.05) is 11.6 Å². The highest BCUT2D eigenvalue weighted by Gasteiger charge is 2.53. The molecule has 0 N–H and O–H groups in total. The van der Waals surface area contributed by atoms with Gasteiger partial charge in [-0.25, -0.2) is 9.37 Å². The predicted octanol–water partition coefficient (Wildman–Crippen LogP) is 2.93. The third-order valence-electron chi connectivity index (χ3n) is 4.99. The molecule has 1 saturated carbocycles. The summed E-state index contributed by atoms with van der Waals surface area (Å²) in [6.45, 7) is 7.38. The summed E-state index contributed by atoms with van der Waals surface area (Å²) in [6, 6.07) is 1.33. The van der Waals surface area contributed by atoms with E-state index in [1.807, 2.05) is 27.7 Å². The first-order chi connectivity index (χ1) is 9.71. The lowest BCUT2D eigenvalue weighted by atomic mass is 9.77. The normalized spacial score (nSPS) is 24.2. The molecule has 2 heterocycles. The molecule has 0 spiro atoms. The molecule has 2 fully saturated rings. The van der Waals surface area contributed by atoms with Gasteiger partial charge in [-0.1, -0.05) is 6.42 Å². The summed E-state index contributed by atoms with van der Waals surface area (Å²) < 4.78 is 40.0. The van der Waals surface area contributed by atoms with E-state index in [0.29, 0.717) is 5.69 Å². The largest absolute Gasteiger partial charge is 0.502 e. The van der Waals surface area contributed by atoms with Gasteiger partial charge in [0.25, 0.3) is 0 Å². The Hall–Kier alpha value is -1.01. The van der Waals surface area contributed by atoms with Crippen molar-refractivity contribution in [3.63, 3.8) is 0 Å². The number of pyridine rings is 1. The lowest BCUT2D eigenvalue weighted by molar-refractivity contribution is 0.00578. The fourth-order valence-electron chi connectivity index (χ4n) is 2.60. The van der Waals surface area contributed by atoms with E-state index in [2.05, 4.69) is 4.98 Å². The van der Waals surface area contributed by atoms with E-state index >= 15 is 0 Å². The maximum atomic E-state index is 14.3. The van der Waals surface area contributed by atoms with Crippen LogP contribution in [0, 0.1) is 11.8 Å². The molecule has 0 unspecified atom stereocenters. The molecule has 21 heavy (non-hydrogen) atoms. The molecule has 0 bridgehead atoms. The molecular weight excluding hydrogens is 275 g/mol. The topological polar surface area (TPSA) is 31.4 Å². The standard InChI is InChI=1S/C15H20BF2NO2/c1-14(2)15(3,4)21-16(20-14)12-10(17)8-11(19-13(12)18)9-6-5-7-9/h8-9H,5-7H2,1-4H3. The van der Waals surface area contributed by atoms with Crippen LogP contribution in [0.4, 0.5) is 8.78 Å². The Morgan fingerprint density at radius 1 is 1.14 bits per heavy atom. The summed E-state index contributed by atoms with van der Waals surface area (Å²) in [6.07, 6.45) is 2.98. The van der Waals surface area contributed by atoms with Crippen molar-refractivity contribution in [3.05, 3.63) is 23.5 Å². The third kappa shape index (κ3) is 2.38. The van der Waals surface area contributed by atoms with E-state index in [0.717, 1.165) is 19.3 Å². The zero-order valence-electron chi connectivity index (χ0n) is 12.9. The Bertz CT molecular complexity index is 534. The lowest BCUT2D eigenvalue weighted by Crippen LogP contribution is -2.41. The Morgan fingerprint density at radius 3 is 2.14 bits per heavy atom. The fourth-order valence-corrected chi connectivity index (χ4v) is 2.60. The van der Waals surface area contributed by atoms with Gasteiger partial charge in [0.2, 0.25) is 5.95 Å². The Balaban J connectivity index is 1.93. The number of halogens is 2. The van der Waals surface area contributed by atoms with Gasteiger partial charge >= 0.3 is 7.12 Å². The zero-order chi connectivity index (χ0) is 15.4. The Kier molecular flexibility index (Phi) is 3.37. The van der Waals surface area contributed by atoms with Gasteiger partial charge in [0.05, 0.1) is 16.7 Å². The van der Waals surface area contributed by atoms with Gasteiger partial charge in [0.15, 0.2) is 0 Å². The van der Waals surface area contributed by atoms with Crippen LogP contribution in [0.5, 0.6) is 0 Å². The summed E-state index contributed by atoms with van der Waals surface area (Å²) in [7, 11) is -1.06. The molecule has 6 heteroatoms. The Labute approximate surface area is 124 Å². The minimum Gasteiger partial charge on any atom is -0.399 e. The third-order valence-corrected chi connectivity index (χ3v) is 4.99. The van der Waals surface area contributed by atoms with Crippen molar-refractivity contribution in [3.8, 4) is 0 Å². The summed E-state index contributed by atoms with van der Waals surface area (Å²) in [5.41, 5.74) is -1.000. The molecule has 0 radical (unpaired) electrons. The second-order valence-electron chi connectivity index (χ2n) is 6.95. The summed E-state index contributed by atoms with van der Waals surface area (Å²) in [5, 5.41) is 0. The van der Waals surface area contributed by atoms with E-state index in [1.54, 1.807) is 0 Å². The molecule has 1 aliphatic carbocycles. The molecule has 1 saturated heterocycles. The number of hydrogen-bond donors (Lipinski definition) is 0. The number of aromatic nitrogens is 1. The smallest absolute Gasteiger partial charge is 0.399 e. The summed E-state index contributed by atoms with van der Waals surface area (Å²) in [4.78, 5) is 3.93. The molecular formula is C15H20BF2NO2. The average Bonchev–Trinajstić information content (AvgIpc) is 2.43. The molecule has 1 aromatic rings. The van der Waals surface area contributed by atoms with E-state index in [9.17, 15) is 8.78 Å². The van der Waals surface area contributed by atoms with Crippen molar-refractivity contribution in [1.29, 1.82) is 0 Å². The molecule has 1 aromatic heterocycles. The SMILES string of the molecule is CC1(C)OB(c2c(F)cc(C3CCC3)nc2F)OC1(C)C. The maximum absolute atomic E-state index is 14.3.